The third kappa shape index (κ3) is 4.93. The van der Waals surface area contributed by atoms with Crippen LogP contribution in [-0.2, 0) is 10.0 Å². The molecule has 4 aromatic rings. The highest BCUT2D eigenvalue weighted by atomic mass is 32.2. The van der Waals surface area contributed by atoms with Gasteiger partial charge in [0.05, 0.1) is 17.2 Å². The number of pyridine rings is 1. The average molecular weight is 573 g/mol. The Bertz CT molecular complexity index is 1750. The van der Waals surface area contributed by atoms with Crippen molar-refractivity contribution in [3.8, 4) is 11.1 Å². The quantitative estimate of drug-likeness (QED) is 0.248. The zero-order valence-electron chi connectivity index (χ0n) is 20.9. The maximum Gasteiger partial charge on any atom is 0.265 e. The van der Waals surface area contributed by atoms with E-state index in [1.807, 2.05) is 0 Å². The average Bonchev–Trinajstić information content (AvgIpc) is 3.35. The van der Waals surface area contributed by atoms with Gasteiger partial charge in [-0.2, -0.15) is 0 Å². The molecule has 2 aromatic carbocycles. The SMILES string of the molecule is CN(C)c1ncc(-c2cnc3c(c2)C(C(=O)c2c(F)ccc(NS(=O)(=O)c4cc(F)ccc4F)c2F)CN3)cn1. The van der Waals surface area contributed by atoms with Crippen LogP contribution < -0.4 is 14.9 Å². The smallest absolute Gasteiger partial charge is 0.265 e. The molecular weight excluding hydrogens is 552 g/mol. The van der Waals surface area contributed by atoms with Crippen molar-refractivity contribution in [1.82, 2.24) is 15.0 Å². The summed E-state index contributed by atoms with van der Waals surface area (Å²) < 4.78 is 85.0. The topological polar surface area (TPSA) is 117 Å². The van der Waals surface area contributed by atoms with Gasteiger partial charge in [-0.05, 0) is 36.4 Å². The number of carbonyl (C=O) groups excluding carboxylic acids is 1. The van der Waals surface area contributed by atoms with Crippen molar-refractivity contribution in [2.24, 2.45) is 0 Å². The molecule has 9 nitrogen and oxygen atoms in total. The minimum atomic E-state index is -4.83. The molecule has 3 heterocycles. The van der Waals surface area contributed by atoms with Crippen LogP contribution in [0.15, 0.2) is 59.9 Å². The molecule has 0 saturated carbocycles. The summed E-state index contributed by atoms with van der Waals surface area (Å²) in [6, 6.07) is 4.80. The van der Waals surface area contributed by atoms with Gasteiger partial charge in [0.25, 0.3) is 10.0 Å². The number of fused-ring (bicyclic) bond motifs is 1. The predicted octanol–water partition coefficient (Wildman–Crippen LogP) is 4.35. The number of hydrogen-bond acceptors (Lipinski definition) is 8. The number of rotatable bonds is 7. The molecule has 1 aliphatic rings. The normalized spacial score (nSPS) is 14.4. The highest BCUT2D eigenvalue weighted by Gasteiger charge is 2.35. The molecule has 0 spiro atoms. The second kappa shape index (κ2) is 10.2. The van der Waals surface area contributed by atoms with E-state index in [0.717, 1.165) is 6.07 Å². The minimum absolute atomic E-state index is 0.0238. The summed E-state index contributed by atoms with van der Waals surface area (Å²) in [5.41, 5.74) is -0.290. The molecule has 14 heteroatoms. The monoisotopic (exact) mass is 572 g/mol. The summed E-state index contributed by atoms with van der Waals surface area (Å²) in [6.45, 7) is -0.0238. The van der Waals surface area contributed by atoms with Crippen molar-refractivity contribution >= 4 is 33.3 Å². The van der Waals surface area contributed by atoms with E-state index in [4.69, 9.17) is 0 Å². The molecule has 1 unspecified atom stereocenters. The summed E-state index contributed by atoms with van der Waals surface area (Å²) in [6.07, 6.45) is 4.68. The summed E-state index contributed by atoms with van der Waals surface area (Å²) in [7, 11) is -1.27. The second-order valence-corrected chi connectivity index (χ2v) is 10.7. The van der Waals surface area contributed by atoms with Crippen molar-refractivity contribution < 1.29 is 30.8 Å². The van der Waals surface area contributed by atoms with Gasteiger partial charge in [-0.1, -0.05) is 0 Å². The summed E-state index contributed by atoms with van der Waals surface area (Å²) >= 11 is 0. The molecule has 1 atom stereocenters. The first kappa shape index (κ1) is 27.0. The maximum atomic E-state index is 15.5. The molecule has 0 fully saturated rings. The molecule has 0 radical (unpaired) electrons. The number of halogens is 4. The zero-order valence-corrected chi connectivity index (χ0v) is 21.7. The Kier molecular flexibility index (Phi) is 6.87. The molecule has 1 aliphatic heterocycles. The summed E-state index contributed by atoms with van der Waals surface area (Å²) in [4.78, 5) is 26.9. The number of aromatic nitrogens is 3. The molecule has 0 saturated heterocycles. The van der Waals surface area contributed by atoms with Crippen molar-refractivity contribution in [2.75, 3.05) is 35.6 Å². The summed E-state index contributed by atoms with van der Waals surface area (Å²) in [5.74, 6) is -6.29. The van der Waals surface area contributed by atoms with Crippen LogP contribution in [0.4, 0.5) is 35.0 Å². The lowest BCUT2D eigenvalue weighted by molar-refractivity contribution is 0.0958. The lowest BCUT2D eigenvalue weighted by Crippen LogP contribution is -2.20. The van der Waals surface area contributed by atoms with Crippen molar-refractivity contribution in [1.29, 1.82) is 0 Å². The lowest BCUT2D eigenvalue weighted by atomic mass is 9.91. The number of anilines is 3. The largest absolute Gasteiger partial charge is 0.369 e. The van der Waals surface area contributed by atoms with Crippen molar-refractivity contribution in [3.05, 3.63) is 89.4 Å². The van der Waals surface area contributed by atoms with E-state index in [-0.39, 0.29) is 6.54 Å². The Labute approximate surface area is 226 Å². The van der Waals surface area contributed by atoms with Crippen LogP contribution >= 0.6 is 0 Å². The van der Waals surface area contributed by atoms with E-state index in [0.29, 0.717) is 52.7 Å². The minimum Gasteiger partial charge on any atom is -0.369 e. The fraction of sp³-hybridized carbons (Fsp3) is 0.154. The van der Waals surface area contributed by atoms with Gasteiger partial charge in [0, 0.05) is 55.9 Å². The van der Waals surface area contributed by atoms with Crippen molar-refractivity contribution in [3.63, 3.8) is 0 Å². The van der Waals surface area contributed by atoms with E-state index in [1.165, 1.54) is 6.20 Å². The van der Waals surface area contributed by atoms with Gasteiger partial charge in [0.1, 0.15) is 28.2 Å². The van der Waals surface area contributed by atoms with Gasteiger partial charge in [-0.25, -0.2) is 40.9 Å². The van der Waals surface area contributed by atoms with Crippen LogP contribution in [0.25, 0.3) is 11.1 Å². The Balaban J connectivity index is 1.48. The molecule has 0 aliphatic carbocycles. The molecule has 0 amide bonds. The number of carbonyl (C=O) groups is 1. The highest BCUT2D eigenvalue weighted by Crippen LogP contribution is 2.37. The zero-order chi connectivity index (χ0) is 28.8. The molecule has 0 bridgehead atoms. The van der Waals surface area contributed by atoms with Crippen LogP contribution in [0.3, 0.4) is 0 Å². The van der Waals surface area contributed by atoms with E-state index in [9.17, 15) is 26.4 Å². The van der Waals surface area contributed by atoms with E-state index < -0.39 is 61.1 Å². The fourth-order valence-electron chi connectivity index (χ4n) is 4.21. The predicted molar refractivity (Wildman–Crippen MR) is 139 cm³/mol. The number of nitrogens with one attached hydrogen (secondary N) is 2. The molecule has 40 heavy (non-hydrogen) atoms. The fourth-order valence-corrected chi connectivity index (χ4v) is 5.36. The number of hydrogen-bond donors (Lipinski definition) is 2. The Morgan fingerprint density at radius 1 is 0.950 bits per heavy atom. The lowest BCUT2D eigenvalue weighted by Gasteiger charge is -2.15. The van der Waals surface area contributed by atoms with E-state index in [1.54, 1.807) is 42.2 Å². The number of Topliss-reactive ketones (excluding diaryl/α,β-unsaturated/α-hetero) is 1. The Morgan fingerprint density at radius 2 is 1.62 bits per heavy atom. The van der Waals surface area contributed by atoms with E-state index in [2.05, 4.69) is 20.3 Å². The maximum absolute atomic E-state index is 15.5. The van der Waals surface area contributed by atoms with Gasteiger partial charge in [-0.3, -0.25) is 9.52 Å². The van der Waals surface area contributed by atoms with Crippen molar-refractivity contribution in [2.45, 2.75) is 10.8 Å². The van der Waals surface area contributed by atoms with Gasteiger partial charge in [0.2, 0.25) is 5.95 Å². The second-order valence-electron chi connectivity index (χ2n) is 9.09. The van der Waals surface area contributed by atoms with Crippen LogP contribution in [-0.4, -0.2) is 49.8 Å². The number of nitrogens with zero attached hydrogens (tertiary/aromatic N) is 4. The molecule has 206 valence electrons. The van der Waals surface area contributed by atoms with Gasteiger partial charge >= 0.3 is 0 Å². The van der Waals surface area contributed by atoms with Gasteiger partial charge < -0.3 is 10.2 Å². The van der Waals surface area contributed by atoms with Crippen LogP contribution in [0, 0.1) is 23.3 Å². The Hall–Kier alpha value is -4.59. The molecular formula is C26H20F4N6O3S. The molecule has 2 N–H and O–H groups in total. The number of sulfonamides is 1. The molecule has 2 aromatic heterocycles. The van der Waals surface area contributed by atoms with E-state index >= 15 is 4.39 Å². The third-order valence-electron chi connectivity index (χ3n) is 6.22. The Morgan fingerprint density at radius 3 is 2.33 bits per heavy atom. The highest BCUT2D eigenvalue weighted by molar-refractivity contribution is 7.92. The third-order valence-corrected chi connectivity index (χ3v) is 7.60. The number of ketones is 1. The van der Waals surface area contributed by atoms with Gasteiger partial charge in [-0.15, -0.1) is 0 Å². The first-order valence-electron chi connectivity index (χ1n) is 11.7. The first-order chi connectivity index (χ1) is 19.0. The summed E-state index contributed by atoms with van der Waals surface area (Å²) in [5, 5.41) is 2.92. The van der Waals surface area contributed by atoms with Gasteiger partial charge in [0.15, 0.2) is 11.6 Å². The molecule has 5 rings (SSSR count). The van der Waals surface area contributed by atoms with Crippen LogP contribution in [0.1, 0.15) is 21.8 Å². The van der Waals surface area contributed by atoms with Crippen LogP contribution in [0.5, 0.6) is 0 Å². The standard InChI is InChI=1S/C26H20F4N6O3S/c1-36(2)26-33-10-14(11-34-26)13-7-16-17(12-32-25(16)31-9-13)24(37)22-19(29)5-6-20(23(22)30)35-40(38,39)21-8-15(27)3-4-18(21)28/h3-11,17,35H,12H2,1-2H3,(H,31,32). The van der Waals surface area contributed by atoms with Crippen LogP contribution in [0.2, 0.25) is 0 Å². The first-order valence-corrected chi connectivity index (χ1v) is 13.2. The number of benzene rings is 2.